The molecular weight excluding hydrogens is 532 g/mol. The van der Waals surface area contributed by atoms with E-state index in [1.54, 1.807) is 0 Å². The van der Waals surface area contributed by atoms with E-state index in [4.69, 9.17) is 4.99 Å². The van der Waals surface area contributed by atoms with E-state index >= 15 is 0 Å². The third-order valence-electron chi connectivity index (χ3n) is 6.11. The Labute approximate surface area is 212 Å². The third kappa shape index (κ3) is 6.59. The van der Waals surface area contributed by atoms with E-state index in [0.717, 1.165) is 63.9 Å². The molecule has 0 atom stereocenters. The van der Waals surface area contributed by atoms with Crippen LogP contribution in [0.4, 0.5) is 10.1 Å². The molecule has 2 aromatic carbocycles. The predicted octanol–water partition coefficient (Wildman–Crippen LogP) is 3.85. The SMILES string of the molecule is CCNC(=NCCCC(=O)N1Cc2ccccc2C1)N1CCN(c2ccc(F)cc2)CC1.I. The van der Waals surface area contributed by atoms with Crippen LogP contribution >= 0.6 is 24.0 Å². The lowest BCUT2D eigenvalue weighted by Gasteiger charge is -2.37. The number of anilines is 1. The minimum absolute atomic E-state index is 0. The fourth-order valence-corrected chi connectivity index (χ4v) is 4.34. The Bertz CT molecular complexity index is 919. The van der Waals surface area contributed by atoms with Crippen LogP contribution in [0, 0.1) is 5.82 Å². The van der Waals surface area contributed by atoms with Gasteiger partial charge in [-0.05, 0) is 48.7 Å². The first kappa shape index (κ1) is 25.3. The normalized spacial score (nSPS) is 15.8. The molecule has 0 aromatic heterocycles. The van der Waals surface area contributed by atoms with Crippen LogP contribution in [0.3, 0.4) is 0 Å². The summed E-state index contributed by atoms with van der Waals surface area (Å²) in [6, 6.07) is 15.0. The molecule has 178 valence electrons. The third-order valence-corrected chi connectivity index (χ3v) is 6.11. The number of halogens is 2. The molecule has 1 saturated heterocycles. The summed E-state index contributed by atoms with van der Waals surface area (Å²) in [5.41, 5.74) is 3.57. The zero-order chi connectivity index (χ0) is 22.3. The molecule has 0 bridgehead atoms. The van der Waals surface area contributed by atoms with Crippen molar-refractivity contribution in [2.24, 2.45) is 4.99 Å². The molecule has 2 aliphatic heterocycles. The minimum Gasteiger partial charge on any atom is -0.368 e. The van der Waals surface area contributed by atoms with Gasteiger partial charge in [-0.15, -0.1) is 24.0 Å². The van der Waals surface area contributed by atoms with Gasteiger partial charge in [-0.25, -0.2) is 4.39 Å². The number of hydrogen-bond donors (Lipinski definition) is 1. The number of amides is 1. The minimum atomic E-state index is -0.207. The number of carbonyl (C=O) groups excluding carboxylic acids is 1. The zero-order valence-electron chi connectivity index (χ0n) is 19.2. The lowest BCUT2D eigenvalue weighted by molar-refractivity contribution is -0.131. The Hall–Kier alpha value is -2.36. The number of carbonyl (C=O) groups is 1. The molecule has 0 aliphatic carbocycles. The van der Waals surface area contributed by atoms with E-state index in [-0.39, 0.29) is 35.7 Å². The van der Waals surface area contributed by atoms with E-state index in [2.05, 4.69) is 34.2 Å². The molecule has 2 aliphatic rings. The highest BCUT2D eigenvalue weighted by Gasteiger charge is 2.23. The molecule has 0 radical (unpaired) electrons. The monoisotopic (exact) mass is 565 g/mol. The van der Waals surface area contributed by atoms with Crippen molar-refractivity contribution in [1.82, 2.24) is 15.1 Å². The molecule has 1 fully saturated rings. The van der Waals surface area contributed by atoms with Crippen LogP contribution < -0.4 is 10.2 Å². The number of benzene rings is 2. The fourth-order valence-electron chi connectivity index (χ4n) is 4.34. The highest BCUT2D eigenvalue weighted by molar-refractivity contribution is 14.0. The molecule has 4 rings (SSSR count). The summed E-state index contributed by atoms with van der Waals surface area (Å²) in [7, 11) is 0. The number of guanidine groups is 1. The highest BCUT2D eigenvalue weighted by Crippen LogP contribution is 2.23. The quantitative estimate of drug-likeness (QED) is 0.250. The second kappa shape index (κ2) is 12.2. The molecular formula is C25H33FIN5O. The second-order valence-corrected chi connectivity index (χ2v) is 8.31. The summed E-state index contributed by atoms with van der Waals surface area (Å²) < 4.78 is 13.2. The van der Waals surface area contributed by atoms with Crippen LogP contribution in [0.5, 0.6) is 0 Å². The van der Waals surface area contributed by atoms with Crippen LogP contribution in [-0.2, 0) is 17.9 Å². The van der Waals surface area contributed by atoms with Gasteiger partial charge in [0.25, 0.3) is 0 Å². The van der Waals surface area contributed by atoms with E-state index in [1.807, 2.05) is 29.2 Å². The molecule has 1 amide bonds. The van der Waals surface area contributed by atoms with E-state index in [0.29, 0.717) is 13.0 Å². The number of aliphatic imine (C=N–C) groups is 1. The molecule has 0 spiro atoms. The summed E-state index contributed by atoms with van der Waals surface area (Å²) in [4.78, 5) is 23.9. The summed E-state index contributed by atoms with van der Waals surface area (Å²) in [5.74, 6) is 0.906. The maximum absolute atomic E-state index is 13.2. The van der Waals surface area contributed by atoms with Crippen LogP contribution in [0.25, 0.3) is 0 Å². The van der Waals surface area contributed by atoms with Gasteiger partial charge in [-0.1, -0.05) is 24.3 Å². The van der Waals surface area contributed by atoms with Crippen molar-refractivity contribution in [3.8, 4) is 0 Å². The van der Waals surface area contributed by atoms with Crippen LogP contribution in [0.2, 0.25) is 0 Å². The van der Waals surface area contributed by atoms with Gasteiger partial charge in [0.1, 0.15) is 5.82 Å². The Kier molecular flexibility index (Phi) is 9.34. The van der Waals surface area contributed by atoms with Crippen LogP contribution in [0.15, 0.2) is 53.5 Å². The Morgan fingerprint density at radius 3 is 2.21 bits per heavy atom. The Morgan fingerprint density at radius 2 is 1.61 bits per heavy atom. The highest BCUT2D eigenvalue weighted by atomic mass is 127. The van der Waals surface area contributed by atoms with Crippen LogP contribution in [-0.4, -0.2) is 60.9 Å². The van der Waals surface area contributed by atoms with Crippen molar-refractivity contribution in [2.75, 3.05) is 44.2 Å². The van der Waals surface area contributed by atoms with Gasteiger partial charge in [0.15, 0.2) is 5.96 Å². The van der Waals surface area contributed by atoms with Gasteiger partial charge in [0.2, 0.25) is 5.91 Å². The van der Waals surface area contributed by atoms with E-state index < -0.39 is 0 Å². The number of fused-ring (bicyclic) bond motifs is 1. The first-order valence-corrected chi connectivity index (χ1v) is 11.5. The molecule has 2 aromatic rings. The van der Waals surface area contributed by atoms with Gasteiger partial charge >= 0.3 is 0 Å². The number of nitrogens with zero attached hydrogens (tertiary/aromatic N) is 4. The standard InChI is InChI=1S/C25H32FN5O.HI/c1-2-27-25(30-16-14-29(15-17-30)23-11-9-22(26)10-12-23)28-13-5-8-24(32)31-18-20-6-3-4-7-21(20)19-31;/h3-4,6-7,9-12H,2,5,8,13-19H2,1H3,(H,27,28);1H. The maximum Gasteiger partial charge on any atom is 0.223 e. The maximum atomic E-state index is 13.2. The van der Waals surface area contributed by atoms with Gasteiger partial charge in [-0.2, -0.15) is 0 Å². The number of nitrogens with one attached hydrogen (secondary N) is 1. The molecule has 0 unspecified atom stereocenters. The number of rotatable bonds is 6. The van der Waals surface area contributed by atoms with Crippen molar-refractivity contribution >= 4 is 41.5 Å². The lowest BCUT2D eigenvalue weighted by atomic mass is 10.1. The number of hydrogen-bond acceptors (Lipinski definition) is 3. The molecule has 1 N–H and O–H groups in total. The van der Waals surface area contributed by atoms with Gasteiger partial charge in [0.05, 0.1) is 0 Å². The molecule has 0 saturated carbocycles. The fraction of sp³-hybridized carbons (Fsp3) is 0.440. The van der Waals surface area contributed by atoms with Gasteiger partial charge in [0, 0.05) is 64.5 Å². The summed E-state index contributed by atoms with van der Waals surface area (Å²) in [5, 5.41) is 3.38. The largest absolute Gasteiger partial charge is 0.368 e. The molecule has 8 heteroatoms. The average molecular weight is 565 g/mol. The zero-order valence-corrected chi connectivity index (χ0v) is 21.5. The Morgan fingerprint density at radius 1 is 0.970 bits per heavy atom. The second-order valence-electron chi connectivity index (χ2n) is 8.31. The smallest absolute Gasteiger partial charge is 0.223 e. The average Bonchev–Trinajstić information content (AvgIpc) is 3.26. The Balaban J connectivity index is 0.00000306. The predicted molar refractivity (Wildman–Crippen MR) is 142 cm³/mol. The summed E-state index contributed by atoms with van der Waals surface area (Å²) >= 11 is 0. The van der Waals surface area contributed by atoms with Crippen molar-refractivity contribution in [3.63, 3.8) is 0 Å². The topological polar surface area (TPSA) is 51.2 Å². The summed E-state index contributed by atoms with van der Waals surface area (Å²) in [6.45, 7) is 8.39. The van der Waals surface area contributed by atoms with E-state index in [1.165, 1.54) is 23.3 Å². The molecule has 33 heavy (non-hydrogen) atoms. The first-order chi connectivity index (χ1) is 15.6. The first-order valence-electron chi connectivity index (χ1n) is 11.5. The van der Waals surface area contributed by atoms with Crippen LogP contribution in [0.1, 0.15) is 30.9 Å². The van der Waals surface area contributed by atoms with Gasteiger partial charge in [-0.3, -0.25) is 9.79 Å². The molecule has 6 nitrogen and oxygen atoms in total. The lowest BCUT2D eigenvalue weighted by Crippen LogP contribution is -2.52. The number of piperazine rings is 1. The summed E-state index contributed by atoms with van der Waals surface area (Å²) in [6.07, 6.45) is 1.27. The van der Waals surface area contributed by atoms with E-state index in [9.17, 15) is 9.18 Å². The van der Waals surface area contributed by atoms with Crippen molar-refractivity contribution < 1.29 is 9.18 Å². The van der Waals surface area contributed by atoms with Gasteiger partial charge < -0.3 is 20.0 Å². The van der Waals surface area contributed by atoms with Crippen molar-refractivity contribution in [1.29, 1.82) is 0 Å². The van der Waals surface area contributed by atoms with Crippen molar-refractivity contribution in [2.45, 2.75) is 32.9 Å². The van der Waals surface area contributed by atoms with Crippen molar-refractivity contribution in [3.05, 3.63) is 65.5 Å². The molecule has 2 heterocycles.